The second-order valence-electron chi connectivity index (χ2n) is 3.57. The highest BCUT2D eigenvalue weighted by Gasteiger charge is 2.04. The summed E-state index contributed by atoms with van der Waals surface area (Å²) in [4.78, 5) is 15.6. The van der Waals surface area contributed by atoms with Crippen molar-refractivity contribution in [1.82, 2.24) is 10.3 Å². The van der Waals surface area contributed by atoms with Crippen LogP contribution >= 0.6 is 22.9 Å². The van der Waals surface area contributed by atoms with Gasteiger partial charge in [-0.1, -0.05) is 17.7 Å². The van der Waals surface area contributed by atoms with Crippen molar-refractivity contribution in [3.8, 4) is 0 Å². The fourth-order valence-electron chi connectivity index (χ4n) is 1.46. The molecule has 0 saturated heterocycles. The molecule has 2 aromatic rings. The molecule has 0 bridgehead atoms. The van der Waals surface area contributed by atoms with Gasteiger partial charge in [0.2, 0.25) is 0 Å². The molecule has 2 N–H and O–H groups in total. The number of benzene rings is 1. The summed E-state index contributed by atoms with van der Waals surface area (Å²) in [6, 6.07) is 7.31. The van der Waals surface area contributed by atoms with Crippen LogP contribution in [0.25, 0.3) is 0 Å². The zero-order valence-corrected chi connectivity index (χ0v) is 11.3. The molecule has 0 aliphatic rings. The molecule has 94 valence electrons. The first-order chi connectivity index (χ1) is 8.69. The Morgan fingerprint density at radius 1 is 1.50 bits per heavy atom. The molecular weight excluding hydrogens is 270 g/mol. The lowest BCUT2D eigenvalue weighted by atomic mass is 10.2. The summed E-state index contributed by atoms with van der Waals surface area (Å²) in [6.45, 7) is 0.592. The van der Waals surface area contributed by atoms with Gasteiger partial charge in [-0.25, -0.2) is 4.98 Å². The average molecular weight is 282 g/mol. The van der Waals surface area contributed by atoms with Gasteiger partial charge in [-0.3, -0.25) is 4.79 Å². The van der Waals surface area contributed by atoms with Gasteiger partial charge in [0.15, 0.2) is 0 Å². The van der Waals surface area contributed by atoms with E-state index in [1.54, 1.807) is 25.4 Å². The van der Waals surface area contributed by atoms with Gasteiger partial charge in [0, 0.05) is 18.3 Å². The van der Waals surface area contributed by atoms with Gasteiger partial charge in [-0.15, -0.1) is 11.3 Å². The number of carbonyl (C=O) groups is 1. The molecular formula is C12H12ClN3OS. The molecule has 2 rings (SSSR count). The first-order valence-corrected chi connectivity index (χ1v) is 6.54. The number of thiazole rings is 1. The molecule has 4 nitrogen and oxygen atoms in total. The number of carbonyl (C=O) groups excluding carboxylic acids is 1. The van der Waals surface area contributed by atoms with Crippen LogP contribution in [-0.2, 0) is 6.54 Å². The van der Waals surface area contributed by atoms with Crippen molar-refractivity contribution >= 4 is 34.5 Å². The number of hydrogen-bond acceptors (Lipinski definition) is 4. The molecule has 1 aromatic heterocycles. The van der Waals surface area contributed by atoms with Crippen LogP contribution in [0, 0.1) is 0 Å². The lowest BCUT2D eigenvalue weighted by molar-refractivity contribution is 0.0963. The van der Waals surface area contributed by atoms with Crippen molar-refractivity contribution < 1.29 is 4.79 Å². The van der Waals surface area contributed by atoms with Crippen molar-refractivity contribution in [3.05, 3.63) is 45.4 Å². The minimum atomic E-state index is -0.101. The fraction of sp³-hybridized carbons (Fsp3) is 0.167. The summed E-state index contributed by atoms with van der Waals surface area (Å²) in [7, 11) is 1.61. The third kappa shape index (κ3) is 3.21. The van der Waals surface area contributed by atoms with Crippen molar-refractivity contribution in [2.75, 3.05) is 12.4 Å². The summed E-state index contributed by atoms with van der Waals surface area (Å²) in [5, 5.41) is 6.70. The Balaban J connectivity index is 2.03. The van der Waals surface area contributed by atoms with Gasteiger partial charge in [0.05, 0.1) is 12.7 Å². The summed E-state index contributed by atoms with van der Waals surface area (Å²) >= 11 is 7.24. The average Bonchev–Trinajstić information content (AvgIpc) is 2.81. The van der Waals surface area contributed by atoms with Crippen LogP contribution in [0.3, 0.4) is 0 Å². The molecule has 0 atom stereocenters. The highest BCUT2D eigenvalue weighted by Crippen LogP contribution is 2.19. The van der Waals surface area contributed by atoms with Crippen LogP contribution in [0.4, 0.5) is 5.69 Å². The van der Waals surface area contributed by atoms with Gasteiger partial charge >= 0.3 is 0 Å². The van der Waals surface area contributed by atoms with Crippen LogP contribution in [0.1, 0.15) is 15.4 Å². The van der Waals surface area contributed by atoms with Crippen molar-refractivity contribution in [1.29, 1.82) is 0 Å². The van der Waals surface area contributed by atoms with E-state index in [0.29, 0.717) is 16.4 Å². The number of aromatic nitrogens is 1. The predicted molar refractivity (Wildman–Crippen MR) is 74.3 cm³/mol. The maximum Gasteiger partial charge on any atom is 0.251 e. The zero-order chi connectivity index (χ0) is 13.0. The molecule has 6 heteroatoms. The molecule has 0 fully saturated rings. The Morgan fingerprint density at radius 3 is 3.00 bits per heavy atom. The topological polar surface area (TPSA) is 54.0 Å². The SMILES string of the molecule is CNC(=O)c1cccc(NCc2ncc(Cl)s2)c1. The normalized spacial score (nSPS) is 10.1. The van der Waals surface area contributed by atoms with Crippen LogP contribution in [0.15, 0.2) is 30.5 Å². The van der Waals surface area contributed by atoms with Gasteiger partial charge < -0.3 is 10.6 Å². The highest BCUT2D eigenvalue weighted by molar-refractivity contribution is 7.15. The van der Waals surface area contributed by atoms with Crippen LogP contribution in [0.5, 0.6) is 0 Å². The highest BCUT2D eigenvalue weighted by atomic mass is 35.5. The maximum absolute atomic E-state index is 11.5. The van der Waals surface area contributed by atoms with E-state index in [1.165, 1.54) is 11.3 Å². The van der Waals surface area contributed by atoms with E-state index in [-0.39, 0.29) is 5.91 Å². The number of rotatable bonds is 4. The fourth-order valence-corrected chi connectivity index (χ4v) is 2.36. The Kier molecular flexibility index (Phi) is 4.17. The maximum atomic E-state index is 11.5. The third-order valence-corrected chi connectivity index (χ3v) is 3.44. The smallest absolute Gasteiger partial charge is 0.251 e. The summed E-state index contributed by atoms with van der Waals surface area (Å²) in [6.07, 6.45) is 1.63. The first kappa shape index (κ1) is 12.9. The predicted octanol–water partition coefficient (Wildman–Crippen LogP) is 2.77. The van der Waals surface area contributed by atoms with Crippen molar-refractivity contribution in [2.45, 2.75) is 6.54 Å². The Hall–Kier alpha value is -1.59. The van der Waals surface area contributed by atoms with E-state index in [9.17, 15) is 4.79 Å². The van der Waals surface area contributed by atoms with E-state index in [0.717, 1.165) is 10.7 Å². The Labute approximate surface area is 114 Å². The lowest BCUT2D eigenvalue weighted by Gasteiger charge is -2.06. The number of anilines is 1. The molecule has 18 heavy (non-hydrogen) atoms. The summed E-state index contributed by atoms with van der Waals surface area (Å²) in [5.74, 6) is -0.101. The standard InChI is InChI=1S/C12H12ClN3OS/c1-14-12(17)8-3-2-4-9(5-8)15-7-11-16-6-10(13)18-11/h2-6,15H,7H2,1H3,(H,14,17). The van der Waals surface area contributed by atoms with E-state index in [1.807, 2.05) is 12.1 Å². The molecule has 1 heterocycles. The minimum Gasteiger partial charge on any atom is -0.379 e. The number of halogens is 1. The van der Waals surface area contributed by atoms with Crippen LogP contribution in [-0.4, -0.2) is 17.9 Å². The molecule has 1 aromatic carbocycles. The van der Waals surface area contributed by atoms with E-state index in [2.05, 4.69) is 15.6 Å². The molecule has 0 spiro atoms. The molecule has 0 saturated carbocycles. The summed E-state index contributed by atoms with van der Waals surface area (Å²) in [5.41, 5.74) is 1.50. The second kappa shape index (κ2) is 5.84. The van der Waals surface area contributed by atoms with Gasteiger partial charge in [0.25, 0.3) is 5.91 Å². The summed E-state index contributed by atoms with van der Waals surface area (Å²) < 4.78 is 0.672. The largest absolute Gasteiger partial charge is 0.379 e. The third-order valence-electron chi connectivity index (χ3n) is 2.32. The van der Waals surface area contributed by atoms with E-state index < -0.39 is 0 Å². The van der Waals surface area contributed by atoms with Gasteiger partial charge in [-0.05, 0) is 18.2 Å². The van der Waals surface area contributed by atoms with E-state index >= 15 is 0 Å². The van der Waals surface area contributed by atoms with Gasteiger partial charge in [0.1, 0.15) is 9.34 Å². The van der Waals surface area contributed by atoms with Gasteiger partial charge in [-0.2, -0.15) is 0 Å². The Bertz CT molecular complexity index is 556. The zero-order valence-electron chi connectivity index (χ0n) is 9.74. The van der Waals surface area contributed by atoms with Crippen molar-refractivity contribution in [2.24, 2.45) is 0 Å². The quantitative estimate of drug-likeness (QED) is 0.906. The molecule has 0 aliphatic heterocycles. The monoisotopic (exact) mass is 281 g/mol. The second-order valence-corrected chi connectivity index (χ2v) is 5.32. The Morgan fingerprint density at radius 2 is 2.33 bits per heavy atom. The number of nitrogens with zero attached hydrogens (tertiary/aromatic N) is 1. The molecule has 0 radical (unpaired) electrons. The molecule has 0 aliphatic carbocycles. The first-order valence-electron chi connectivity index (χ1n) is 5.35. The molecule has 1 amide bonds. The minimum absolute atomic E-state index is 0.101. The van der Waals surface area contributed by atoms with E-state index in [4.69, 9.17) is 11.6 Å². The van der Waals surface area contributed by atoms with Crippen molar-refractivity contribution in [3.63, 3.8) is 0 Å². The number of nitrogens with one attached hydrogen (secondary N) is 2. The number of amides is 1. The number of hydrogen-bond donors (Lipinski definition) is 2. The lowest BCUT2D eigenvalue weighted by Crippen LogP contribution is -2.17. The van der Waals surface area contributed by atoms with Crippen LogP contribution in [0.2, 0.25) is 4.34 Å². The molecule has 0 unspecified atom stereocenters. The van der Waals surface area contributed by atoms with Crippen LogP contribution < -0.4 is 10.6 Å².